The fourth-order valence-corrected chi connectivity index (χ4v) is 2.73. The van der Waals surface area contributed by atoms with Crippen LogP contribution in [0.5, 0.6) is 0 Å². The predicted octanol–water partition coefficient (Wildman–Crippen LogP) is 4.06. The molecule has 0 radical (unpaired) electrons. The third kappa shape index (κ3) is 3.78. The van der Waals surface area contributed by atoms with Gasteiger partial charge in [0.15, 0.2) is 0 Å². The number of urea groups is 1. The van der Waals surface area contributed by atoms with Gasteiger partial charge in [0.05, 0.1) is 0 Å². The van der Waals surface area contributed by atoms with Crippen LogP contribution < -0.4 is 16.0 Å². The molecule has 22 heavy (non-hydrogen) atoms. The number of amides is 2. The number of halogens is 1. The molecule has 2 aromatic carbocycles. The highest BCUT2D eigenvalue weighted by atomic mass is 35.5. The molecule has 1 aliphatic heterocycles. The van der Waals surface area contributed by atoms with Crippen LogP contribution in [0.2, 0.25) is 5.02 Å². The maximum Gasteiger partial charge on any atom is 0.323 e. The van der Waals surface area contributed by atoms with E-state index in [1.54, 1.807) is 24.3 Å². The van der Waals surface area contributed by atoms with Crippen LogP contribution in [0.15, 0.2) is 48.5 Å². The van der Waals surface area contributed by atoms with E-state index in [0.717, 1.165) is 18.8 Å². The summed E-state index contributed by atoms with van der Waals surface area (Å²) < 4.78 is 0. The van der Waals surface area contributed by atoms with E-state index >= 15 is 0 Å². The van der Waals surface area contributed by atoms with Crippen molar-refractivity contribution in [1.29, 1.82) is 0 Å². The van der Waals surface area contributed by atoms with Gasteiger partial charge in [-0.15, -0.1) is 0 Å². The van der Waals surface area contributed by atoms with Crippen molar-refractivity contribution in [3.05, 3.63) is 59.1 Å². The van der Waals surface area contributed by atoms with Gasteiger partial charge in [-0.25, -0.2) is 4.79 Å². The van der Waals surface area contributed by atoms with Crippen molar-refractivity contribution in [2.45, 2.75) is 12.3 Å². The van der Waals surface area contributed by atoms with E-state index in [1.807, 2.05) is 12.1 Å². The summed E-state index contributed by atoms with van der Waals surface area (Å²) in [6.45, 7) is 2.11. The number of hydrogen-bond acceptors (Lipinski definition) is 2. The number of anilines is 2. The maximum absolute atomic E-state index is 11.9. The normalized spacial score (nSPS) is 17.2. The summed E-state index contributed by atoms with van der Waals surface area (Å²) in [5, 5.41) is 9.59. The molecule has 0 aromatic heterocycles. The van der Waals surface area contributed by atoms with Crippen LogP contribution in [-0.2, 0) is 0 Å². The van der Waals surface area contributed by atoms with E-state index in [2.05, 4.69) is 28.1 Å². The van der Waals surface area contributed by atoms with Gasteiger partial charge >= 0.3 is 6.03 Å². The fraction of sp³-hybridized carbons (Fsp3) is 0.235. The molecular weight excluding hydrogens is 298 g/mol. The van der Waals surface area contributed by atoms with Gasteiger partial charge in [0.25, 0.3) is 0 Å². The van der Waals surface area contributed by atoms with Crippen LogP contribution in [0.3, 0.4) is 0 Å². The summed E-state index contributed by atoms with van der Waals surface area (Å²) in [6.07, 6.45) is 1.17. The van der Waals surface area contributed by atoms with Gasteiger partial charge in [-0.05, 0) is 60.8 Å². The Labute approximate surface area is 134 Å². The number of carbonyl (C=O) groups is 1. The van der Waals surface area contributed by atoms with Crippen molar-refractivity contribution in [3.8, 4) is 0 Å². The highest BCUT2D eigenvalue weighted by Gasteiger charge is 2.16. The van der Waals surface area contributed by atoms with Gasteiger partial charge in [-0.1, -0.05) is 23.7 Å². The Kier molecular flexibility index (Phi) is 4.61. The Hall–Kier alpha value is -2.04. The first-order valence-corrected chi connectivity index (χ1v) is 7.73. The Balaban J connectivity index is 1.57. The largest absolute Gasteiger partial charge is 0.323 e. The molecule has 5 heteroatoms. The van der Waals surface area contributed by atoms with Crippen LogP contribution in [0.1, 0.15) is 17.9 Å². The third-order valence-corrected chi connectivity index (χ3v) is 4.05. The highest BCUT2D eigenvalue weighted by molar-refractivity contribution is 6.30. The van der Waals surface area contributed by atoms with Gasteiger partial charge < -0.3 is 16.0 Å². The van der Waals surface area contributed by atoms with Gasteiger partial charge in [-0.2, -0.15) is 0 Å². The van der Waals surface area contributed by atoms with E-state index in [1.165, 1.54) is 12.0 Å². The highest BCUT2D eigenvalue weighted by Crippen LogP contribution is 2.23. The molecular formula is C17H18ClN3O. The van der Waals surface area contributed by atoms with E-state index in [4.69, 9.17) is 11.6 Å². The van der Waals surface area contributed by atoms with Crippen LogP contribution in [0, 0.1) is 0 Å². The number of benzene rings is 2. The molecule has 2 aromatic rings. The van der Waals surface area contributed by atoms with Gasteiger partial charge in [0, 0.05) is 22.9 Å². The van der Waals surface area contributed by atoms with Crippen LogP contribution in [0.4, 0.5) is 16.2 Å². The molecule has 0 aliphatic carbocycles. The van der Waals surface area contributed by atoms with Crippen LogP contribution >= 0.6 is 11.6 Å². The Bertz CT molecular complexity index is 634. The number of carbonyl (C=O) groups excluding carboxylic acids is 1. The Morgan fingerprint density at radius 1 is 1.00 bits per heavy atom. The summed E-state index contributed by atoms with van der Waals surface area (Å²) in [5.74, 6) is 0.581. The standard InChI is InChI=1S/C17H18ClN3O/c18-14-3-7-16(8-4-14)21-17(22)20-15-5-1-12(2-6-15)13-9-10-19-11-13/h1-8,13,19H,9-11H2,(H2,20,21,22)/t13-/m0/s1. The van der Waals surface area contributed by atoms with Crippen molar-refractivity contribution in [3.63, 3.8) is 0 Å². The zero-order valence-corrected chi connectivity index (χ0v) is 12.9. The average Bonchev–Trinajstić information content (AvgIpc) is 3.05. The van der Waals surface area contributed by atoms with Gasteiger partial charge in [0.2, 0.25) is 0 Å². The second-order valence-electron chi connectivity index (χ2n) is 5.40. The Morgan fingerprint density at radius 2 is 1.59 bits per heavy atom. The molecule has 114 valence electrons. The second-order valence-corrected chi connectivity index (χ2v) is 5.83. The summed E-state index contributed by atoms with van der Waals surface area (Å²) in [4.78, 5) is 11.9. The number of nitrogens with one attached hydrogen (secondary N) is 3. The fourth-order valence-electron chi connectivity index (χ4n) is 2.60. The number of hydrogen-bond donors (Lipinski definition) is 3. The average molecular weight is 316 g/mol. The maximum atomic E-state index is 11.9. The van der Waals surface area contributed by atoms with E-state index in [0.29, 0.717) is 16.6 Å². The third-order valence-electron chi connectivity index (χ3n) is 3.80. The van der Waals surface area contributed by atoms with Gasteiger partial charge in [0.1, 0.15) is 0 Å². The summed E-state index contributed by atoms with van der Waals surface area (Å²) in [7, 11) is 0. The molecule has 0 saturated carbocycles. The van der Waals surface area contributed by atoms with Crippen molar-refractivity contribution in [2.75, 3.05) is 23.7 Å². The molecule has 0 unspecified atom stereocenters. The van der Waals surface area contributed by atoms with Crippen molar-refractivity contribution >= 4 is 29.0 Å². The predicted molar refractivity (Wildman–Crippen MR) is 90.8 cm³/mol. The molecule has 1 fully saturated rings. The molecule has 1 atom stereocenters. The topological polar surface area (TPSA) is 53.2 Å². The minimum Gasteiger partial charge on any atom is -0.316 e. The molecule has 3 rings (SSSR count). The van der Waals surface area contributed by atoms with Gasteiger partial charge in [-0.3, -0.25) is 0 Å². The molecule has 0 spiro atoms. The quantitative estimate of drug-likeness (QED) is 0.800. The summed E-state index contributed by atoms with van der Waals surface area (Å²) in [6, 6.07) is 14.8. The summed E-state index contributed by atoms with van der Waals surface area (Å²) in [5.41, 5.74) is 2.80. The molecule has 2 amide bonds. The second kappa shape index (κ2) is 6.81. The van der Waals surface area contributed by atoms with Crippen LogP contribution in [-0.4, -0.2) is 19.1 Å². The smallest absolute Gasteiger partial charge is 0.316 e. The minimum atomic E-state index is -0.266. The minimum absolute atomic E-state index is 0.266. The van der Waals surface area contributed by atoms with Crippen molar-refractivity contribution in [1.82, 2.24) is 5.32 Å². The lowest BCUT2D eigenvalue weighted by Crippen LogP contribution is -2.19. The lowest BCUT2D eigenvalue weighted by atomic mass is 9.98. The summed E-state index contributed by atoms with van der Waals surface area (Å²) >= 11 is 5.81. The first-order valence-electron chi connectivity index (χ1n) is 7.35. The molecule has 1 heterocycles. The molecule has 1 aliphatic rings. The van der Waals surface area contributed by atoms with E-state index in [9.17, 15) is 4.79 Å². The van der Waals surface area contributed by atoms with E-state index < -0.39 is 0 Å². The first-order chi connectivity index (χ1) is 10.7. The molecule has 3 N–H and O–H groups in total. The SMILES string of the molecule is O=C(Nc1ccc(Cl)cc1)Nc1ccc([C@H]2CCNC2)cc1. The lowest BCUT2D eigenvalue weighted by Gasteiger charge is -2.11. The Morgan fingerprint density at radius 3 is 2.14 bits per heavy atom. The lowest BCUT2D eigenvalue weighted by molar-refractivity contribution is 0.262. The van der Waals surface area contributed by atoms with Crippen LogP contribution in [0.25, 0.3) is 0 Å². The van der Waals surface area contributed by atoms with Crippen molar-refractivity contribution in [2.24, 2.45) is 0 Å². The monoisotopic (exact) mass is 315 g/mol. The zero-order valence-electron chi connectivity index (χ0n) is 12.1. The van der Waals surface area contributed by atoms with Crippen molar-refractivity contribution < 1.29 is 4.79 Å². The van der Waals surface area contributed by atoms with E-state index in [-0.39, 0.29) is 6.03 Å². The zero-order chi connectivity index (χ0) is 15.4. The molecule has 1 saturated heterocycles. The molecule has 0 bridgehead atoms. The first kappa shape index (κ1) is 14.9. The number of rotatable bonds is 3. The molecule has 4 nitrogen and oxygen atoms in total.